The second kappa shape index (κ2) is 8.88. The van der Waals surface area contributed by atoms with E-state index >= 15 is 0 Å². The predicted molar refractivity (Wildman–Crippen MR) is 107 cm³/mol. The Bertz CT molecular complexity index is 894. The zero-order valence-electron chi connectivity index (χ0n) is 14.6. The van der Waals surface area contributed by atoms with Gasteiger partial charge in [0.05, 0.1) is 4.90 Å². The Morgan fingerprint density at radius 2 is 1.73 bits per heavy atom. The lowest BCUT2D eigenvalue weighted by atomic mass is 10.1. The molecule has 0 aliphatic heterocycles. The largest absolute Gasteiger partial charge is 0.332 e. The molecule has 2 aromatic rings. The molecule has 0 fully saturated rings. The molecule has 0 bridgehead atoms. The summed E-state index contributed by atoms with van der Waals surface area (Å²) in [6, 6.07) is 13.3. The van der Waals surface area contributed by atoms with E-state index in [1.165, 1.54) is 12.1 Å². The van der Waals surface area contributed by atoms with Crippen LogP contribution < -0.4 is 15.4 Å². The maximum atomic E-state index is 12.2. The normalized spacial score (nSPS) is 11.0. The van der Waals surface area contributed by atoms with E-state index in [4.69, 9.17) is 12.2 Å². The lowest BCUT2D eigenvalue weighted by Gasteiger charge is -2.11. The molecule has 2 aromatic carbocycles. The van der Waals surface area contributed by atoms with Crippen molar-refractivity contribution in [2.24, 2.45) is 0 Å². The lowest BCUT2D eigenvalue weighted by Crippen LogP contribution is -2.34. The molecule has 0 aliphatic carbocycles. The minimum absolute atomic E-state index is 0.137. The van der Waals surface area contributed by atoms with Gasteiger partial charge in [-0.2, -0.15) is 0 Å². The van der Waals surface area contributed by atoms with Gasteiger partial charge in [0.1, 0.15) is 0 Å². The van der Waals surface area contributed by atoms with Crippen molar-refractivity contribution in [3.8, 4) is 0 Å². The number of thiocarbonyl (C=S) groups is 1. The number of rotatable bonds is 6. The molecule has 0 radical (unpaired) electrons. The molecule has 6 nitrogen and oxygen atoms in total. The molecule has 8 heteroatoms. The number of anilines is 1. The smallest absolute Gasteiger partial charge is 0.257 e. The van der Waals surface area contributed by atoms with Crippen molar-refractivity contribution in [3.05, 3.63) is 59.7 Å². The lowest BCUT2D eigenvalue weighted by molar-refractivity contribution is 0.0977. The number of hydrogen-bond donors (Lipinski definition) is 3. The highest BCUT2D eigenvalue weighted by atomic mass is 32.2. The monoisotopic (exact) mass is 391 g/mol. The highest BCUT2D eigenvalue weighted by molar-refractivity contribution is 7.89. The Morgan fingerprint density at radius 3 is 2.35 bits per heavy atom. The predicted octanol–water partition coefficient (Wildman–Crippen LogP) is 2.81. The Balaban J connectivity index is 1.99. The highest BCUT2D eigenvalue weighted by Crippen LogP contribution is 2.14. The molecule has 3 N–H and O–H groups in total. The van der Waals surface area contributed by atoms with Gasteiger partial charge in [0.2, 0.25) is 10.0 Å². The van der Waals surface area contributed by atoms with Gasteiger partial charge in [0.25, 0.3) is 5.91 Å². The van der Waals surface area contributed by atoms with Crippen LogP contribution in [-0.2, 0) is 10.0 Å². The molecule has 0 aromatic heterocycles. The molecule has 0 atom stereocenters. The van der Waals surface area contributed by atoms with Crippen molar-refractivity contribution in [2.75, 3.05) is 11.9 Å². The summed E-state index contributed by atoms with van der Waals surface area (Å²) >= 11 is 5.15. The molecule has 0 spiro atoms. The van der Waals surface area contributed by atoms with Crippen molar-refractivity contribution in [1.82, 2.24) is 10.0 Å². The fourth-order valence-electron chi connectivity index (χ4n) is 2.20. The maximum absolute atomic E-state index is 12.2. The maximum Gasteiger partial charge on any atom is 0.257 e. The van der Waals surface area contributed by atoms with E-state index in [1.54, 1.807) is 24.3 Å². The summed E-state index contributed by atoms with van der Waals surface area (Å²) in [5.41, 5.74) is 1.97. The first-order valence-electron chi connectivity index (χ1n) is 8.11. The van der Waals surface area contributed by atoms with Crippen LogP contribution in [0.15, 0.2) is 53.4 Å². The van der Waals surface area contributed by atoms with Gasteiger partial charge in [0, 0.05) is 17.8 Å². The first-order chi connectivity index (χ1) is 12.3. The summed E-state index contributed by atoms with van der Waals surface area (Å²) in [4.78, 5) is 12.4. The fourth-order valence-corrected chi connectivity index (χ4v) is 3.54. The molecule has 0 saturated heterocycles. The van der Waals surface area contributed by atoms with Crippen LogP contribution in [0.25, 0.3) is 0 Å². The first-order valence-corrected chi connectivity index (χ1v) is 10.0. The number of carbonyl (C=O) groups excluding carboxylic acids is 1. The Labute approximate surface area is 159 Å². The van der Waals surface area contributed by atoms with Crippen LogP contribution in [0.1, 0.15) is 29.3 Å². The van der Waals surface area contributed by atoms with Crippen molar-refractivity contribution in [1.29, 1.82) is 0 Å². The zero-order valence-corrected chi connectivity index (χ0v) is 16.2. The van der Waals surface area contributed by atoms with Gasteiger partial charge in [0.15, 0.2) is 5.11 Å². The third-order valence-electron chi connectivity index (χ3n) is 3.58. The van der Waals surface area contributed by atoms with E-state index in [2.05, 4.69) is 15.4 Å². The SMILES string of the molecule is CCCNS(=O)(=O)c1ccc(NC(=S)NC(=O)c2ccccc2C)cc1. The number of sulfonamides is 1. The van der Waals surface area contributed by atoms with Crippen LogP contribution in [0.3, 0.4) is 0 Å². The van der Waals surface area contributed by atoms with Gasteiger partial charge in [-0.05, 0) is 61.5 Å². The second-order valence-electron chi connectivity index (χ2n) is 5.65. The van der Waals surface area contributed by atoms with Crippen molar-refractivity contribution < 1.29 is 13.2 Å². The summed E-state index contributed by atoms with van der Waals surface area (Å²) in [6.45, 7) is 4.12. The third kappa shape index (κ3) is 5.35. The molecular weight excluding hydrogens is 370 g/mol. The minimum Gasteiger partial charge on any atom is -0.332 e. The summed E-state index contributed by atoms with van der Waals surface area (Å²) in [7, 11) is -3.51. The van der Waals surface area contributed by atoms with Gasteiger partial charge < -0.3 is 5.32 Å². The second-order valence-corrected chi connectivity index (χ2v) is 7.82. The van der Waals surface area contributed by atoms with Crippen molar-refractivity contribution >= 4 is 38.9 Å². The summed E-state index contributed by atoms with van der Waals surface area (Å²) < 4.78 is 26.6. The minimum atomic E-state index is -3.51. The number of hydrogen-bond acceptors (Lipinski definition) is 4. The summed E-state index contributed by atoms with van der Waals surface area (Å²) in [5, 5.41) is 5.61. The summed E-state index contributed by atoms with van der Waals surface area (Å²) in [5.74, 6) is -0.302. The van der Waals surface area contributed by atoms with E-state index in [0.29, 0.717) is 24.2 Å². The van der Waals surface area contributed by atoms with Gasteiger partial charge >= 0.3 is 0 Å². The number of benzene rings is 2. The molecule has 26 heavy (non-hydrogen) atoms. The van der Waals surface area contributed by atoms with E-state index < -0.39 is 10.0 Å². The Kier molecular flexibility index (Phi) is 6.84. The molecule has 0 unspecified atom stereocenters. The van der Waals surface area contributed by atoms with Gasteiger partial charge in [-0.3, -0.25) is 10.1 Å². The zero-order chi connectivity index (χ0) is 19.2. The standard InChI is InChI=1S/C18H21N3O3S2/c1-3-12-19-26(23,24)15-10-8-14(9-11-15)20-18(25)21-17(22)16-7-5-4-6-13(16)2/h4-11,19H,3,12H2,1-2H3,(H2,20,21,22,25). The molecule has 1 amide bonds. The van der Waals surface area contributed by atoms with Crippen LogP contribution in [0.5, 0.6) is 0 Å². The fraction of sp³-hybridized carbons (Fsp3) is 0.222. The number of nitrogens with one attached hydrogen (secondary N) is 3. The molecular formula is C18H21N3O3S2. The average Bonchev–Trinajstić information content (AvgIpc) is 2.60. The highest BCUT2D eigenvalue weighted by Gasteiger charge is 2.13. The van der Waals surface area contributed by atoms with Crippen LogP contribution in [-0.4, -0.2) is 26.0 Å². The van der Waals surface area contributed by atoms with E-state index in [0.717, 1.165) is 5.56 Å². The van der Waals surface area contributed by atoms with Crippen molar-refractivity contribution in [2.45, 2.75) is 25.2 Å². The van der Waals surface area contributed by atoms with Gasteiger partial charge in [-0.1, -0.05) is 25.1 Å². The van der Waals surface area contributed by atoms with Crippen LogP contribution in [0, 0.1) is 6.92 Å². The average molecular weight is 392 g/mol. The van der Waals surface area contributed by atoms with Crippen LogP contribution >= 0.6 is 12.2 Å². The number of aryl methyl sites for hydroxylation is 1. The van der Waals surface area contributed by atoms with E-state index in [9.17, 15) is 13.2 Å². The summed E-state index contributed by atoms with van der Waals surface area (Å²) in [6.07, 6.45) is 0.716. The first kappa shape index (κ1) is 20.0. The molecule has 2 rings (SSSR count). The topological polar surface area (TPSA) is 87.3 Å². The Morgan fingerprint density at radius 1 is 1.08 bits per heavy atom. The van der Waals surface area contributed by atoms with Crippen LogP contribution in [0.2, 0.25) is 0 Å². The molecule has 0 saturated carbocycles. The molecule has 0 heterocycles. The van der Waals surface area contributed by atoms with E-state index in [-0.39, 0.29) is 15.9 Å². The number of amides is 1. The van der Waals surface area contributed by atoms with Crippen molar-refractivity contribution in [3.63, 3.8) is 0 Å². The quantitative estimate of drug-likeness (QED) is 0.659. The molecule has 0 aliphatic rings. The molecule has 138 valence electrons. The van der Waals surface area contributed by atoms with Gasteiger partial charge in [-0.15, -0.1) is 0 Å². The number of carbonyl (C=O) groups is 1. The van der Waals surface area contributed by atoms with Crippen LogP contribution in [0.4, 0.5) is 5.69 Å². The van der Waals surface area contributed by atoms with E-state index in [1.807, 2.05) is 26.0 Å². The third-order valence-corrected chi connectivity index (χ3v) is 5.26. The Hall–Kier alpha value is -2.29. The van der Waals surface area contributed by atoms with Gasteiger partial charge in [-0.25, -0.2) is 13.1 Å².